The highest BCUT2D eigenvalue weighted by molar-refractivity contribution is 7.18. The lowest BCUT2D eigenvalue weighted by molar-refractivity contribution is -0.152. The Balaban J connectivity index is 1.31. The van der Waals surface area contributed by atoms with E-state index in [-0.39, 0.29) is 30.6 Å². The van der Waals surface area contributed by atoms with Crippen LogP contribution >= 0.6 is 11.3 Å². The third-order valence-electron chi connectivity index (χ3n) is 5.08. The van der Waals surface area contributed by atoms with Gasteiger partial charge in [0.25, 0.3) is 5.91 Å². The molecular formula is C22H22N2O4S. The van der Waals surface area contributed by atoms with E-state index >= 15 is 0 Å². The number of hydrogen-bond donors (Lipinski definition) is 1. The Morgan fingerprint density at radius 1 is 1.17 bits per heavy atom. The molecule has 29 heavy (non-hydrogen) atoms. The summed E-state index contributed by atoms with van der Waals surface area (Å²) >= 11 is 1.69. The second-order valence-electron chi connectivity index (χ2n) is 7.20. The Labute approximate surface area is 172 Å². The molecule has 0 radical (unpaired) electrons. The first-order valence-corrected chi connectivity index (χ1v) is 10.5. The maximum atomic E-state index is 12.5. The Morgan fingerprint density at radius 2 is 1.97 bits per heavy atom. The average molecular weight is 410 g/mol. The van der Waals surface area contributed by atoms with Gasteiger partial charge in [-0.2, -0.15) is 0 Å². The zero-order chi connectivity index (χ0) is 20.2. The topological polar surface area (TPSA) is 79.7 Å². The first-order chi connectivity index (χ1) is 14.1. The molecule has 1 aliphatic heterocycles. The summed E-state index contributed by atoms with van der Waals surface area (Å²) in [6, 6.07) is 14.4. The number of ether oxygens (including phenoxy) is 1. The van der Waals surface area contributed by atoms with Crippen molar-refractivity contribution in [1.82, 2.24) is 9.88 Å². The maximum Gasteiger partial charge on any atom is 0.310 e. The number of phenolic OH excluding ortho intramolecular Hbond substituents is 1. The van der Waals surface area contributed by atoms with E-state index in [1.165, 1.54) is 12.1 Å². The minimum absolute atomic E-state index is 0.0713. The number of fused-ring (bicyclic) bond motifs is 1. The van der Waals surface area contributed by atoms with Crippen LogP contribution in [0.25, 0.3) is 10.2 Å². The number of carbonyl (C=O) groups excluding carboxylic acids is 2. The number of benzene rings is 2. The van der Waals surface area contributed by atoms with E-state index in [0.29, 0.717) is 13.1 Å². The van der Waals surface area contributed by atoms with E-state index in [2.05, 4.69) is 6.07 Å². The molecule has 3 aromatic rings. The van der Waals surface area contributed by atoms with Gasteiger partial charge in [-0.25, -0.2) is 4.98 Å². The van der Waals surface area contributed by atoms with Crippen LogP contribution in [0.3, 0.4) is 0 Å². The van der Waals surface area contributed by atoms with Crippen LogP contribution in [0.5, 0.6) is 5.75 Å². The molecule has 0 unspecified atom stereocenters. The number of carbonyl (C=O) groups is 2. The van der Waals surface area contributed by atoms with Gasteiger partial charge in [0.15, 0.2) is 6.61 Å². The summed E-state index contributed by atoms with van der Waals surface area (Å²) in [6.07, 6.45) is 1.99. The number of phenols is 1. The maximum absolute atomic E-state index is 12.5. The van der Waals surface area contributed by atoms with Crippen molar-refractivity contribution < 1.29 is 19.4 Å². The van der Waals surface area contributed by atoms with Crippen molar-refractivity contribution in [3.63, 3.8) is 0 Å². The second kappa shape index (κ2) is 8.61. The minimum Gasteiger partial charge on any atom is -0.508 e. The standard InChI is InChI=1S/C22H22N2O4S/c25-17-9-7-15(8-10-17)12-21(27)28-14-20(26)24-11-3-4-16(13-24)22-23-18-5-1-2-6-19(18)29-22/h1-2,5-10,16,25H,3-4,11-14H2/t16-/m0/s1. The quantitative estimate of drug-likeness (QED) is 0.652. The first-order valence-electron chi connectivity index (χ1n) is 9.65. The summed E-state index contributed by atoms with van der Waals surface area (Å²) in [5.74, 6) is -0.262. The van der Waals surface area contributed by atoms with Gasteiger partial charge >= 0.3 is 5.97 Å². The monoisotopic (exact) mass is 410 g/mol. The molecule has 2 heterocycles. The van der Waals surface area contributed by atoms with E-state index in [9.17, 15) is 14.7 Å². The van der Waals surface area contributed by atoms with Crippen molar-refractivity contribution in [2.75, 3.05) is 19.7 Å². The van der Waals surface area contributed by atoms with Crippen LogP contribution in [0.1, 0.15) is 29.3 Å². The molecule has 2 aromatic carbocycles. The normalized spacial score (nSPS) is 16.7. The van der Waals surface area contributed by atoms with Crippen LogP contribution in [0.4, 0.5) is 0 Å². The van der Waals surface area contributed by atoms with E-state index in [4.69, 9.17) is 9.72 Å². The number of aromatic nitrogens is 1. The second-order valence-corrected chi connectivity index (χ2v) is 8.26. The van der Waals surface area contributed by atoms with Crippen LogP contribution in [0.2, 0.25) is 0 Å². The van der Waals surface area contributed by atoms with Gasteiger partial charge in [0, 0.05) is 19.0 Å². The van der Waals surface area contributed by atoms with E-state index < -0.39 is 5.97 Å². The molecule has 1 aliphatic rings. The molecule has 4 rings (SSSR count). The molecule has 1 saturated heterocycles. The van der Waals surface area contributed by atoms with Crippen LogP contribution < -0.4 is 0 Å². The van der Waals surface area contributed by atoms with Crippen molar-refractivity contribution in [2.45, 2.75) is 25.2 Å². The molecule has 0 spiro atoms. The zero-order valence-electron chi connectivity index (χ0n) is 15.9. The number of esters is 1. The highest BCUT2D eigenvalue weighted by Gasteiger charge is 2.27. The number of thiazole rings is 1. The Hall–Kier alpha value is -2.93. The van der Waals surface area contributed by atoms with Gasteiger partial charge in [-0.3, -0.25) is 9.59 Å². The Kier molecular flexibility index (Phi) is 5.76. The number of aromatic hydroxyl groups is 1. The van der Waals surface area contributed by atoms with Gasteiger partial charge in [-0.05, 0) is 42.7 Å². The molecule has 1 atom stereocenters. The lowest BCUT2D eigenvalue weighted by Crippen LogP contribution is -2.41. The van der Waals surface area contributed by atoms with Gasteiger partial charge in [0.05, 0.1) is 21.6 Å². The molecule has 0 saturated carbocycles. The van der Waals surface area contributed by atoms with Crippen LogP contribution in [0.15, 0.2) is 48.5 Å². The molecule has 1 N–H and O–H groups in total. The number of piperidine rings is 1. The van der Waals surface area contributed by atoms with Gasteiger partial charge in [0.1, 0.15) is 5.75 Å². The average Bonchev–Trinajstić information content (AvgIpc) is 3.18. The van der Waals surface area contributed by atoms with Crippen molar-refractivity contribution >= 4 is 33.4 Å². The number of para-hydroxylation sites is 1. The summed E-state index contributed by atoms with van der Waals surface area (Å²) in [6.45, 7) is 1.04. The predicted octanol–water partition coefficient (Wildman–Crippen LogP) is 3.49. The highest BCUT2D eigenvalue weighted by Crippen LogP contribution is 2.32. The molecule has 0 aliphatic carbocycles. The Morgan fingerprint density at radius 3 is 2.76 bits per heavy atom. The van der Waals surface area contributed by atoms with Gasteiger partial charge in [-0.1, -0.05) is 24.3 Å². The van der Waals surface area contributed by atoms with Crippen molar-refractivity contribution in [3.05, 3.63) is 59.1 Å². The van der Waals surface area contributed by atoms with Crippen molar-refractivity contribution in [3.8, 4) is 5.75 Å². The van der Waals surface area contributed by atoms with E-state index in [1.54, 1.807) is 28.4 Å². The fourth-order valence-corrected chi connectivity index (χ4v) is 4.63. The molecule has 1 fully saturated rings. The minimum atomic E-state index is -0.455. The summed E-state index contributed by atoms with van der Waals surface area (Å²) in [7, 11) is 0. The fraction of sp³-hybridized carbons (Fsp3) is 0.318. The van der Waals surface area contributed by atoms with Crippen LogP contribution in [-0.2, 0) is 20.7 Å². The number of likely N-dealkylation sites (tertiary alicyclic amines) is 1. The third kappa shape index (κ3) is 4.74. The number of nitrogens with zero attached hydrogens (tertiary/aromatic N) is 2. The van der Waals surface area contributed by atoms with Crippen LogP contribution in [-0.4, -0.2) is 46.6 Å². The molecule has 150 valence electrons. The fourth-order valence-electron chi connectivity index (χ4n) is 3.53. The molecule has 0 bridgehead atoms. The number of rotatable bonds is 5. The third-order valence-corrected chi connectivity index (χ3v) is 6.27. The van der Waals surface area contributed by atoms with Crippen LogP contribution in [0, 0.1) is 0 Å². The smallest absolute Gasteiger partial charge is 0.310 e. The van der Waals surface area contributed by atoms with Gasteiger partial charge < -0.3 is 14.7 Å². The molecule has 6 nitrogen and oxygen atoms in total. The van der Waals surface area contributed by atoms with E-state index in [1.807, 2.05) is 18.2 Å². The highest BCUT2D eigenvalue weighted by atomic mass is 32.1. The molecule has 7 heteroatoms. The summed E-state index contributed by atoms with van der Waals surface area (Å²) in [4.78, 5) is 31.1. The molecule has 1 amide bonds. The largest absolute Gasteiger partial charge is 0.508 e. The van der Waals surface area contributed by atoms with Gasteiger partial charge in [0.2, 0.25) is 0 Å². The SMILES string of the molecule is O=C(Cc1ccc(O)cc1)OCC(=O)N1CCC[C@H](c2nc3ccccc3s2)C1. The van der Waals surface area contributed by atoms with Crippen molar-refractivity contribution in [1.29, 1.82) is 0 Å². The number of amides is 1. The summed E-state index contributed by atoms with van der Waals surface area (Å²) in [5, 5.41) is 10.3. The predicted molar refractivity (Wildman–Crippen MR) is 111 cm³/mol. The lowest BCUT2D eigenvalue weighted by Gasteiger charge is -2.31. The lowest BCUT2D eigenvalue weighted by atomic mass is 9.99. The summed E-state index contributed by atoms with van der Waals surface area (Å²) in [5.41, 5.74) is 1.73. The first kappa shape index (κ1) is 19.4. The molecule has 1 aromatic heterocycles. The Bertz CT molecular complexity index is 982. The van der Waals surface area contributed by atoms with E-state index in [0.717, 1.165) is 33.6 Å². The summed E-state index contributed by atoms with van der Waals surface area (Å²) < 4.78 is 6.34. The number of hydrogen-bond acceptors (Lipinski definition) is 6. The zero-order valence-corrected chi connectivity index (χ0v) is 16.7. The van der Waals surface area contributed by atoms with Gasteiger partial charge in [-0.15, -0.1) is 11.3 Å². The molecular weight excluding hydrogens is 388 g/mol. The van der Waals surface area contributed by atoms with Crippen molar-refractivity contribution in [2.24, 2.45) is 0 Å².